The Labute approximate surface area is 130 Å². The van der Waals surface area contributed by atoms with Crippen LogP contribution in [0.4, 0.5) is 0 Å². The molecule has 0 bridgehead atoms. The first-order chi connectivity index (χ1) is 10.1. The monoisotopic (exact) mass is 305 g/mol. The fourth-order valence-electron chi connectivity index (χ4n) is 2.72. The van der Waals surface area contributed by atoms with E-state index in [4.69, 9.17) is 16.3 Å². The molecule has 112 valence electrons. The molecule has 0 saturated carbocycles. The first-order valence-corrected chi connectivity index (χ1v) is 7.58. The molecule has 1 fully saturated rings. The Bertz CT molecular complexity index is 613. The molecule has 4 nitrogen and oxygen atoms in total. The SMILES string of the molecule is C[C@H]1CO[C@H](c2cccc(Cl)c2)CN1Cc1cnn(C)c1. The number of aryl methyl sites for hydroxylation is 1. The van der Waals surface area contributed by atoms with Crippen molar-refractivity contribution < 1.29 is 4.74 Å². The molecule has 3 rings (SSSR count). The lowest BCUT2D eigenvalue weighted by atomic mass is 10.1. The molecule has 1 aromatic heterocycles. The van der Waals surface area contributed by atoms with Gasteiger partial charge in [0.05, 0.1) is 18.9 Å². The minimum absolute atomic E-state index is 0.0802. The molecule has 2 aromatic rings. The zero-order chi connectivity index (χ0) is 14.8. The second-order valence-electron chi connectivity index (χ2n) is 5.68. The number of ether oxygens (including phenoxy) is 1. The lowest BCUT2D eigenvalue weighted by Gasteiger charge is -2.38. The molecule has 2 atom stereocenters. The smallest absolute Gasteiger partial charge is 0.0953 e. The van der Waals surface area contributed by atoms with Crippen LogP contribution in [0.5, 0.6) is 0 Å². The van der Waals surface area contributed by atoms with Crippen LogP contribution in [-0.2, 0) is 18.3 Å². The molecule has 1 aromatic carbocycles. The molecule has 1 aliphatic rings. The summed E-state index contributed by atoms with van der Waals surface area (Å²) in [5.41, 5.74) is 2.38. The van der Waals surface area contributed by atoms with Gasteiger partial charge in [-0.25, -0.2) is 0 Å². The van der Waals surface area contributed by atoms with Crippen LogP contribution >= 0.6 is 11.6 Å². The Balaban J connectivity index is 1.72. The van der Waals surface area contributed by atoms with Crippen LogP contribution in [0.3, 0.4) is 0 Å². The zero-order valence-corrected chi connectivity index (χ0v) is 13.1. The Kier molecular flexibility index (Phi) is 4.29. The van der Waals surface area contributed by atoms with Gasteiger partial charge in [-0.1, -0.05) is 23.7 Å². The van der Waals surface area contributed by atoms with Crippen molar-refractivity contribution in [2.45, 2.75) is 25.6 Å². The maximum Gasteiger partial charge on any atom is 0.0953 e. The van der Waals surface area contributed by atoms with Gasteiger partial charge in [0.1, 0.15) is 0 Å². The lowest BCUT2D eigenvalue weighted by Crippen LogP contribution is -2.44. The Morgan fingerprint density at radius 1 is 1.43 bits per heavy atom. The van der Waals surface area contributed by atoms with Crippen LogP contribution in [0.1, 0.15) is 24.2 Å². The number of rotatable bonds is 3. The van der Waals surface area contributed by atoms with Crippen LogP contribution < -0.4 is 0 Å². The van der Waals surface area contributed by atoms with Crippen molar-refractivity contribution in [1.82, 2.24) is 14.7 Å². The van der Waals surface area contributed by atoms with E-state index in [9.17, 15) is 0 Å². The quantitative estimate of drug-likeness (QED) is 0.873. The van der Waals surface area contributed by atoms with E-state index in [2.05, 4.69) is 29.2 Å². The molecule has 0 amide bonds. The minimum atomic E-state index is 0.0802. The second kappa shape index (κ2) is 6.18. The molecular weight excluding hydrogens is 286 g/mol. The van der Waals surface area contributed by atoms with E-state index >= 15 is 0 Å². The molecule has 0 unspecified atom stereocenters. The maximum atomic E-state index is 6.08. The molecule has 0 aliphatic carbocycles. The van der Waals surface area contributed by atoms with E-state index in [-0.39, 0.29) is 6.10 Å². The molecule has 1 aliphatic heterocycles. The summed E-state index contributed by atoms with van der Waals surface area (Å²) in [5, 5.41) is 5.00. The molecule has 0 spiro atoms. The number of nitrogens with zero attached hydrogens (tertiary/aromatic N) is 3. The van der Waals surface area contributed by atoms with Crippen molar-refractivity contribution in [2.75, 3.05) is 13.2 Å². The highest BCUT2D eigenvalue weighted by atomic mass is 35.5. The van der Waals surface area contributed by atoms with E-state index in [1.807, 2.05) is 36.1 Å². The number of morpholine rings is 1. The fourth-order valence-corrected chi connectivity index (χ4v) is 2.92. The van der Waals surface area contributed by atoms with Crippen LogP contribution in [0.2, 0.25) is 5.02 Å². The van der Waals surface area contributed by atoms with Gasteiger partial charge in [-0.2, -0.15) is 5.10 Å². The molecule has 2 heterocycles. The summed E-state index contributed by atoms with van der Waals surface area (Å²) in [5.74, 6) is 0. The Morgan fingerprint density at radius 2 is 2.29 bits per heavy atom. The van der Waals surface area contributed by atoms with Crippen molar-refractivity contribution in [2.24, 2.45) is 7.05 Å². The highest BCUT2D eigenvalue weighted by Gasteiger charge is 2.27. The van der Waals surface area contributed by atoms with Gasteiger partial charge >= 0.3 is 0 Å². The molecule has 0 radical (unpaired) electrons. The van der Waals surface area contributed by atoms with Gasteiger partial charge in [0, 0.05) is 43.0 Å². The van der Waals surface area contributed by atoms with Crippen LogP contribution in [0, 0.1) is 0 Å². The van der Waals surface area contributed by atoms with Gasteiger partial charge in [-0.15, -0.1) is 0 Å². The molecule has 0 N–H and O–H groups in total. The van der Waals surface area contributed by atoms with Gasteiger partial charge in [0.2, 0.25) is 0 Å². The topological polar surface area (TPSA) is 30.3 Å². The maximum absolute atomic E-state index is 6.08. The minimum Gasteiger partial charge on any atom is -0.371 e. The largest absolute Gasteiger partial charge is 0.371 e. The van der Waals surface area contributed by atoms with Gasteiger partial charge in [0.15, 0.2) is 0 Å². The number of hydrogen-bond donors (Lipinski definition) is 0. The normalized spacial score (nSPS) is 23.4. The van der Waals surface area contributed by atoms with E-state index in [0.717, 1.165) is 30.3 Å². The average Bonchev–Trinajstić information content (AvgIpc) is 2.87. The molecule has 21 heavy (non-hydrogen) atoms. The second-order valence-corrected chi connectivity index (χ2v) is 6.11. The van der Waals surface area contributed by atoms with Crippen LogP contribution in [-0.4, -0.2) is 33.9 Å². The van der Waals surface area contributed by atoms with Crippen molar-refractivity contribution in [3.63, 3.8) is 0 Å². The average molecular weight is 306 g/mol. The Morgan fingerprint density at radius 3 is 3.00 bits per heavy atom. The number of halogens is 1. The van der Waals surface area contributed by atoms with Gasteiger partial charge in [-0.05, 0) is 24.6 Å². The summed E-state index contributed by atoms with van der Waals surface area (Å²) in [7, 11) is 1.95. The summed E-state index contributed by atoms with van der Waals surface area (Å²) in [6.07, 6.45) is 4.07. The van der Waals surface area contributed by atoms with Gasteiger partial charge < -0.3 is 4.74 Å². The molecule has 1 saturated heterocycles. The molecule has 5 heteroatoms. The third kappa shape index (κ3) is 3.46. The summed E-state index contributed by atoms with van der Waals surface area (Å²) >= 11 is 6.08. The van der Waals surface area contributed by atoms with Gasteiger partial charge in [0.25, 0.3) is 0 Å². The summed E-state index contributed by atoms with van der Waals surface area (Å²) in [6.45, 7) is 4.70. The predicted molar refractivity (Wildman–Crippen MR) is 83.2 cm³/mol. The van der Waals surface area contributed by atoms with Crippen LogP contribution in [0.15, 0.2) is 36.7 Å². The van der Waals surface area contributed by atoms with Crippen molar-refractivity contribution in [3.05, 3.63) is 52.8 Å². The summed E-state index contributed by atoms with van der Waals surface area (Å²) in [6, 6.07) is 8.34. The lowest BCUT2D eigenvalue weighted by molar-refractivity contribution is -0.0633. The van der Waals surface area contributed by atoms with Crippen molar-refractivity contribution in [1.29, 1.82) is 0 Å². The molecular formula is C16H20ClN3O. The van der Waals surface area contributed by atoms with Crippen molar-refractivity contribution in [3.8, 4) is 0 Å². The first kappa shape index (κ1) is 14.6. The zero-order valence-electron chi connectivity index (χ0n) is 12.4. The van der Waals surface area contributed by atoms with E-state index < -0.39 is 0 Å². The third-order valence-corrected chi connectivity index (χ3v) is 4.16. The highest BCUT2D eigenvalue weighted by Crippen LogP contribution is 2.27. The van der Waals surface area contributed by atoms with Gasteiger partial charge in [-0.3, -0.25) is 9.58 Å². The standard InChI is InChI=1S/C16H20ClN3O/c1-12-11-21-16(14-4-3-5-15(17)6-14)10-20(12)9-13-7-18-19(2)8-13/h3-8,12,16H,9-11H2,1-2H3/t12-,16-/m0/s1. The number of aromatic nitrogens is 2. The van der Waals surface area contributed by atoms with E-state index in [0.29, 0.717) is 6.04 Å². The predicted octanol–water partition coefficient (Wildman–Crippen LogP) is 3.04. The highest BCUT2D eigenvalue weighted by molar-refractivity contribution is 6.30. The third-order valence-electron chi connectivity index (χ3n) is 3.93. The summed E-state index contributed by atoms with van der Waals surface area (Å²) < 4.78 is 7.83. The Hall–Kier alpha value is -1.36. The van der Waals surface area contributed by atoms with Crippen molar-refractivity contribution >= 4 is 11.6 Å². The van der Waals surface area contributed by atoms with Crippen LogP contribution in [0.25, 0.3) is 0 Å². The fraction of sp³-hybridized carbons (Fsp3) is 0.438. The summed E-state index contributed by atoms with van der Waals surface area (Å²) in [4.78, 5) is 2.44. The van der Waals surface area contributed by atoms with E-state index in [1.165, 1.54) is 5.56 Å². The first-order valence-electron chi connectivity index (χ1n) is 7.20. The van der Waals surface area contributed by atoms with E-state index in [1.54, 1.807) is 0 Å². The number of benzene rings is 1. The number of hydrogen-bond acceptors (Lipinski definition) is 3.